The Morgan fingerprint density at radius 3 is 2.42 bits per heavy atom. The van der Waals surface area contributed by atoms with Gasteiger partial charge in [-0.1, -0.05) is 32.6 Å². The van der Waals surface area contributed by atoms with Crippen LogP contribution in [0.15, 0.2) is 36.0 Å². The molecule has 0 fully saturated rings. The van der Waals surface area contributed by atoms with Crippen molar-refractivity contribution in [3.63, 3.8) is 0 Å². The second kappa shape index (κ2) is 8.53. The van der Waals surface area contributed by atoms with Crippen LogP contribution in [0.3, 0.4) is 0 Å². The van der Waals surface area contributed by atoms with Gasteiger partial charge in [-0.15, -0.1) is 0 Å². The molecular formula is C22H34N2. The summed E-state index contributed by atoms with van der Waals surface area (Å²) in [5, 5.41) is 3.30. The normalized spacial score (nSPS) is 17.7. The molecule has 1 atom stereocenters. The molecule has 1 aliphatic rings. The van der Waals surface area contributed by atoms with Gasteiger partial charge in [0.15, 0.2) is 0 Å². The third-order valence-electron chi connectivity index (χ3n) is 5.12. The van der Waals surface area contributed by atoms with Crippen LogP contribution in [0, 0.1) is 0 Å². The van der Waals surface area contributed by atoms with E-state index in [1.165, 1.54) is 66.7 Å². The number of fused-ring (bicyclic) bond motifs is 1. The summed E-state index contributed by atoms with van der Waals surface area (Å²) in [6, 6.07) is 7.62. The van der Waals surface area contributed by atoms with E-state index in [4.69, 9.17) is 0 Å². The lowest BCUT2D eigenvalue weighted by atomic mass is 9.94. The van der Waals surface area contributed by atoms with Crippen LogP contribution in [0.4, 0.5) is 0 Å². The highest BCUT2D eigenvalue weighted by molar-refractivity contribution is 5.80. The van der Waals surface area contributed by atoms with Gasteiger partial charge < -0.3 is 5.32 Å². The Balaban J connectivity index is 2.42. The quantitative estimate of drug-likeness (QED) is 0.650. The SMILES string of the molecule is C=C(C)/C(=C(/C)NC)c1ccc2c(c1)C(N(CCC)CCC)CC2. The van der Waals surface area contributed by atoms with Crippen LogP contribution in [-0.4, -0.2) is 25.0 Å². The molecule has 0 heterocycles. The zero-order chi connectivity index (χ0) is 17.7. The lowest BCUT2D eigenvalue weighted by molar-refractivity contribution is 0.197. The van der Waals surface area contributed by atoms with E-state index in [0.29, 0.717) is 6.04 Å². The molecule has 0 saturated carbocycles. The molecule has 1 aliphatic carbocycles. The highest BCUT2D eigenvalue weighted by Crippen LogP contribution is 2.38. The second-order valence-corrected chi connectivity index (χ2v) is 7.03. The van der Waals surface area contributed by atoms with Crippen molar-refractivity contribution in [2.75, 3.05) is 20.1 Å². The topological polar surface area (TPSA) is 15.3 Å². The highest BCUT2D eigenvalue weighted by Gasteiger charge is 2.27. The van der Waals surface area contributed by atoms with Gasteiger partial charge in [-0.2, -0.15) is 0 Å². The molecule has 0 saturated heterocycles. The lowest BCUT2D eigenvalue weighted by Crippen LogP contribution is -2.29. The van der Waals surface area contributed by atoms with Gasteiger partial charge in [0.25, 0.3) is 0 Å². The zero-order valence-corrected chi connectivity index (χ0v) is 16.2. The summed E-state index contributed by atoms with van der Waals surface area (Å²) in [5.74, 6) is 0. The molecule has 0 radical (unpaired) electrons. The molecule has 2 nitrogen and oxygen atoms in total. The maximum atomic E-state index is 4.20. The van der Waals surface area contributed by atoms with Crippen LogP contribution in [-0.2, 0) is 6.42 Å². The number of nitrogens with zero attached hydrogens (tertiary/aromatic N) is 1. The van der Waals surface area contributed by atoms with E-state index < -0.39 is 0 Å². The summed E-state index contributed by atoms with van der Waals surface area (Å²) in [7, 11) is 1.98. The van der Waals surface area contributed by atoms with Crippen molar-refractivity contribution in [1.82, 2.24) is 10.2 Å². The van der Waals surface area contributed by atoms with Crippen LogP contribution in [0.2, 0.25) is 0 Å². The summed E-state index contributed by atoms with van der Waals surface area (Å²) < 4.78 is 0. The molecule has 0 bridgehead atoms. The third kappa shape index (κ3) is 3.92. The Morgan fingerprint density at radius 1 is 1.21 bits per heavy atom. The summed E-state index contributed by atoms with van der Waals surface area (Å²) in [6.45, 7) is 15.4. The highest BCUT2D eigenvalue weighted by atomic mass is 15.2. The average Bonchev–Trinajstić information content (AvgIpc) is 2.97. The first-order valence-electron chi connectivity index (χ1n) is 9.45. The minimum atomic E-state index is 0.584. The maximum Gasteiger partial charge on any atom is 0.0354 e. The number of benzene rings is 1. The van der Waals surface area contributed by atoms with Gasteiger partial charge in [0, 0.05) is 24.4 Å². The van der Waals surface area contributed by atoms with Crippen molar-refractivity contribution in [1.29, 1.82) is 0 Å². The van der Waals surface area contributed by atoms with Crippen LogP contribution in [0.5, 0.6) is 0 Å². The van der Waals surface area contributed by atoms with E-state index in [0.717, 1.165) is 5.57 Å². The third-order valence-corrected chi connectivity index (χ3v) is 5.12. The molecule has 1 aromatic rings. The fraction of sp³-hybridized carbons (Fsp3) is 0.545. The standard InChI is InChI=1S/C22H34N2/c1-7-13-24(14-8-2)21-12-11-18-9-10-19(15-20(18)21)22(16(3)4)17(5)23-6/h9-10,15,21,23H,3,7-8,11-14H2,1-2,4-6H3/b22-17+. The number of hydrogen-bond donors (Lipinski definition) is 1. The van der Waals surface area contributed by atoms with E-state index in [9.17, 15) is 0 Å². The second-order valence-electron chi connectivity index (χ2n) is 7.03. The van der Waals surface area contributed by atoms with Gasteiger partial charge in [-0.05, 0) is 81.0 Å². The Morgan fingerprint density at radius 2 is 1.88 bits per heavy atom. The first-order chi connectivity index (χ1) is 11.5. The molecule has 0 amide bonds. The molecule has 2 heteroatoms. The van der Waals surface area contributed by atoms with Crippen molar-refractivity contribution in [2.24, 2.45) is 0 Å². The minimum Gasteiger partial charge on any atom is -0.391 e. The van der Waals surface area contributed by atoms with E-state index in [-0.39, 0.29) is 0 Å². The Hall–Kier alpha value is -1.54. The number of hydrogen-bond acceptors (Lipinski definition) is 2. The fourth-order valence-electron chi connectivity index (χ4n) is 4.02. The van der Waals surface area contributed by atoms with Crippen LogP contribution >= 0.6 is 0 Å². The van der Waals surface area contributed by atoms with E-state index in [1.807, 2.05) is 7.05 Å². The van der Waals surface area contributed by atoms with Gasteiger partial charge >= 0.3 is 0 Å². The van der Waals surface area contributed by atoms with Gasteiger partial charge in [-0.25, -0.2) is 0 Å². The maximum absolute atomic E-state index is 4.20. The van der Waals surface area contributed by atoms with Gasteiger partial charge in [0.1, 0.15) is 0 Å². The van der Waals surface area contributed by atoms with Crippen molar-refractivity contribution in [2.45, 2.75) is 59.4 Å². The van der Waals surface area contributed by atoms with Crippen LogP contribution in [0.1, 0.15) is 69.7 Å². The first kappa shape index (κ1) is 18.8. The Bertz CT molecular complexity index is 606. The molecule has 24 heavy (non-hydrogen) atoms. The number of nitrogens with one attached hydrogen (secondary N) is 1. The smallest absolute Gasteiger partial charge is 0.0354 e. The van der Waals surface area contributed by atoms with Crippen molar-refractivity contribution >= 4 is 5.57 Å². The van der Waals surface area contributed by atoms with Gasteiger partial charge in [0.05, 0.1) is 0 Å². The van der Waals surface area contributed by atoms with Gasteiger partial charge in [-0.3, -0.25) is 4.90 Å². The Labute approximate surface area is 148 Å². The minimum absolute atomic E-state index is 0.584. The summed E-state index contributed by atoms with van der Waals surface area (Å²) in [6.07, 6.45) is 4.92. The molecule has 0 aliphatic heterocycles. The van der Waals surface area contributed by atoms with E-state index in [1.54, 1.807) is 0 Å². The van der Waals surface area contributed by atoms with Crippen molar-refractivity contribution in [3.8, 4) is 0 Å². The Kier molecular flexibility index (Phi) is 6.68. The summed E-state index contributed by atoms with van der Waals surface area (Å²) in [5.41, 5.74) is 7.93. The summed E-state index contributed by atoms with van der Waals surface area (Å²) in [4.78, 5) is 2.69. The first-order valence-corrected chi connectivity index (χ1v) is 9.45. The molecule has 1 aromatic carbocycles. The molecule has 1 unspecified atom stereocenters. The zero-order valence-electron chi connectivity index (χ0n) is 16.2. The van der Waals surface area contributed by atoms with E-state index >= 15 is 0 Å². The van der Waals surface area contributed by atoms with Crippen LogP contribution < -0.4 is 5.32 Å². The molecule has 2 rings (SSSR count). The molecule has 0 aromatic heterocycles. The predicted octanol–water partition coefficient (Wildman–Crippen LogP) is 5.32. The summed E-state index contributed by atoms with van der Waals surface area (Å²) >= 11 is 0. The van der Waals surface area contributed by atoms with Crippen molar-refractivity contribution < 1.29 is 0 Å². The average molecular weight is 327 g/mol. The van der Waals surface area contributed by atoms with Crippen LogP contribution in [0.25, 0.3) is 5.57 Å². The van der Waals surface area contributed by atoms with Crippen molar-refractivity contribution in [3.05, 3.63) is 52.7 Å². The number of aryl methyl sites for hydroxylation is 1. The monoisotopic (exact) mass is 326 g/mol. The largest absolute Gasteiger partial charge is 0.391 e. The lowest BCUT2D eigenvalue weighted by Gasteiger charge is -2.29. The molecule has 1 N–H and O–H groups in total. The number of allylic oxidation sites excluding steroid dienone is 3. The number of rotatable bonds is 8. The predicted molar refractivity (Wildman–Crippen MR) is 106 cm³/mol. The van der Waals surface area contributed by atoms with E-state index in [2.05, 4.69) is 62.7 Å². The van der Waals surface area contributed by atoms with Gasteiger partial charge in [0.2, 0.25) is 0 Å². The fourth-order valence-corrected chi connectivity index (χ4v) is 4.02. The molecule has 0 spiro atoms. The molecule has 132 valence electrons. The molecular weight excluding hydrogens is 292 g/mol.